The normalized spacial score (nSPS) is 25.5. The van der Waals surface area contributed by atoms with Gasteiger partial charge in [0.25, 0.3) is 0 Å². The van der Waals surface area contributed by atoms with Crippen molar-refractivity contribution in [3.8, 4) is 0 Å². The fourth-order valence-electron chi connectivity index (χ4n) is 4.11. The molecule has 0 aromatic heterocycles. The Morgan fingerprint density at radius 2 is 1.81 bits per heavy atom. The molecule has 150 valence electrons. The van der Waals surface area contributed by atoms with Gasteiger partial charge in [-0.25, -0.2) is 13.2 Å². The second-order valence-electron chi connectivity index (χ2n) is 7.94. The number of nitrogens with one attached hydrogen (secondary N) is 2. The lowest BCUT2D eigenvalue weighted by Crippen LogP contribution is -2.38. The highest BCUT2D eigenvalue weighted by Crippen LogP contribution is 2.36. The van der Waals surface area contributed by atoms with E-state index in [0.29, 0.717) is 30.4 Å². The third-order valence-electron chi connectivity index (χ3n) is 5.62. The molecule has 0 radical (unpaired) electrons. The summed E-state index contributed by atoms with van der Waals surface area (Å²) >= 11 is 5.82. The van der Waals surface area contributed by atoms with Gasteiger partial charge in [0.05, 0.1) is 6.42 Å². The molecule has 0 spiro atoms. The lowest BCUT2D eigenvalue weighted by molar-refractivity contribution is -0.121. The molecule has 7 heteroatoms. The van der Waals surface area contributed by atoms with Crippen molar-refractivity contribution in [3.05, 3.63) is 34.6 Å². The van der Waals surface area contributed by atoms with Crippen molar-refractivity contribution in [1.82, 2.24) is 10.6 Å². The van der Waals surface area contributed by atoms with Gasteiger partial charge in [0, 0.05) is 29.9 Å². The average Bonchev–Trinajstić information content (AvgIpc) is 3.00. The molecule has 2 atom stereocenters. The molecule has 2 fully saturated rings. The van der Waals surface area contributed by atoms with Crippen LogP contribution in [0.15, 0.2) is 18.2 Å². The zero-order chi connectivity index (χ0) is 19.4. The summed E-state index contributed by atoms with van der Waals surface area (Å²) in [4.78, 5) is 12.2. The van der Waals surface area contributed by atoms with Crippen LogP contribution in [0.5, 0.6) is 0 Å². The van der Waals surface area contributed by atoms with E-state index in [1.165, 1.54) is 12.1 Å². The molecule has 2 N–H and O–H groups in total. The van der Waals surface area contributed by atoms with Crippen LogP contribution in [0.4, 0.5) is 13.2 Å². The van der Waals surface area contributed by atoms with Crippen LogP contribution in [-0.2, 0) is 11.2 Å². The summed E-state index contributed by atoms with van der Waals surface area (Å²) in [5, 5.41) is 6.77. The predicted molar refractivity (Wildman–Crippen MR) is 99.6 cm³/mol. The van der Waals surface area contributed by atoms with Gasteiger partial charge in [-0.1, -0.05) is 11.6 Å². The fourth-order valence-corrected chi connectivity index (χ4v) is 4.36. The third kappa shape index (κ3) is 6.39. The molecule has 0 heterocycles. The number of rotatable bonds is 6. The lowest BCUT2D eigenvalue weighted by Gasteiger charge is -2.29. The van der Waals surface area contributed by atoms with Crippen LogP contribution in [0.3, 0.4) is 0 Å². The topological polar surface area (TPSA) is 41.1 Å². The van der Waals surface area contributed by atoms with E-state index >= 15 is 0 Å². The number of carbonyl (C=O) groups is 1. The smallest absolute Gasteiger partial charge is 0.248 e. The summed E-state index contributed by atoms with van der Waals surface area (Å²) in [5.41, 5.74) is 0.555. The minimum absolute atomic E-state index is 0.00715. The maximum Gasteiger partial charge on any atom is 0.248 e. The third-order valence-corrected chi connectivity index (χ3v) is 5.83. The van der Waals surface area contributed by atoms with Crippen molar-refractivity contribution in [2.75, 3.05) is 6.54 Å². The standard InChI is InChI=1S/C20H26ClF3N2O/c21-15-7-14(8-16(22)10-15)9-19(27)26-18-2-1-17(11-18)25-12-13-3-5-20(23,24)6-4-13/h7-8,10,13,17-18,25H,1-6,9,11-12H2,(H,26,27)/t17-,18-/m0/s1. The van der Waals surface area contributed by atoms with Gasteiger partial charge >= 0.3 is 0 Å². The van der Waals surface area contributed by atoms with Crippen molar-refractivity contribution in [2.45, 2.75) is 69.4 Å². The maximum absolute atomic E-state index is 13.3. The van der Waals surface area contributed by atoms with E-state index in [9.17, 15) is 18.0 Å². The number of alkyl halides is 2. The molecule has 1 amide bonds. The molecule has 0 saturated heterocycles. The monoisotopic (exact) mass is 402 g/mol. The maximum atomic E-state index is 13.3. The van der Waals surface area contributed by atoms with E-state index in [0.717, 1.165) is 25.8 Å². The van der Waals surface area contributed by atoms with E-state index in [1.54, 1.807) is 6.07 Å². The number of hydrogen-bond acceptors (Lipinski definition) is 2. The summed E-state index contributed by atoms with van der Waals surface area (Å²) in [6.45, 7) is 0.767. The Hall–Kier alpha value is -1.27. The van der Waals surface area contributed by atoms with Crippen LogP contribution >= 0.6 is 11.6 Å². The second-order valence-corrected chi connectivity index (χ2v) is 8.37. The van der Waals surface area contributed by atoms with Crippen LogP contribution in [-0.4, -0.2) is 30.5 Å². The van der Waals surface area contributed by atoms with Gasteiger partial charge in [-0.15, -0.1) is 0 Å². The zero-order valence-electron chi connectivity index (χ0n) is 15.2. The number of halogens is 4. The van der Waals surface area contributed by atoms with Crippen LogP contribution < -0.4 is 10.6 Å². The Balaban J connectivity index is 1.37. The van der Waals surface area contributed by atoms with Gasteiger partial charge in [-0.3, -0.25) is 4.79 Å². The molecule has 2 saturated carbocycles. The summed E-state index contributed by atoms with van der Waals surface area (Å²) in [6, 6.07) is 4.52. The largest absolute Gasteiger partial charge is 0.353 e. The summed E-state index contributed by atoms with van der Waals surface area (Å²) in [7, 11) is 0. The van der Waals surface area contributed by atoms with E-state index < -0.39 is 11.7 Å². The van der Waals surface area contributed by atoms with Gasteiger partial charge in [0.15, 0.2) is 0 Å². The van der Waals surface area contributed by atoms with Crippen molar-refractivity contribution in [2.24, 2.45) is 5.92 Å². The fraction of sp³-hybridized carbons (Fsp3) is 0.650. The lowest BCUT2D eigenvalue weighted by atomic mass is 9.86. The highest BCUT2D eigenvalue weighted by atomic mass is 35.5. The highest BCUT2D eigenvalue weighted by molar-refractivity contribution is 6.30. The Kier molecular flexibility index (Phi) is 6.69. The van der Waals surface area contributed by atoms with E-state index in [4.69, 9.17) is 11.6 Å². The van der Waals surface area contributed by atoms with E-state index in [1.807, 2.05) is 0 Å². The second kappa shape index (κ2) is 8.82. The van der Waals surface area contributed by atoms with Crippen LogP contribution in [0.2, 0.25) is 5.02 Å². The van der Waals surface area contributed by atoms with Crippen molar-refractivity contribution in [3.63, 3.8) is 0 Å². The Morgan fingerprint density at radius 1 is 1.11 bits per heavy atom. The van der Waals surface area contributed by atoms with E-state index in [2.05, 4.69) is 10.6 Å². The molecule has 1 aromatic carbocycles. The summed E-state index contributed by atoms with van der Waals surface area (Å²) < 4.78 is 39.8. The molecule has 0 aliphatic heterocycles. The first-order valence-corrected chi connectivity index (χ1v) is 10.0. The highest BCUT2D eigenvalue weighted by Gasteiger charge is 2.35. The van der Waals surface area contributed by atoms with Gasteiger partial charge in [-0.2, -0.15) is 0 Å². The molecule has 3 rings (SSSR count). The van der Waals surface area contributed by atoms with Gasteiger partial charge in [0.2, 0.25) is 11.8 Å². The Bertz CT molecular complexity index is 640. The molecule has 27 heavy (non-hydrogen) atoms. The first kappa shape index (κ1) is 20.5. The van der Waals surface area contributed by atoms with Gasteiger partial charge in [-0.05, 0) is 68.3 Å². The SMILES string of the molecule is O=C(Cc1cc(F)cc(Cl)c1)N[C@H]1CC[C@H](NCC2CCC(F)(F)CC2)C1. The minimum Gasteiger partial charge on any atom is -0.353 e. The van der Waals surface area contributed by atoms with Gasteiger partial charge in [0.1, 0.15) is 5.82 Å². The molecule has 0 bridgehead atoms. The van der Waals surface area contributed by atoms with Crippen LogP contribution in [0.25, 0.3) is 0 Å². The molecule has 0 unspecified atom stereocenters. The summed E-state index contributed by atoms with van der Waals surface area (Å²) in [6.07, 6.45) is 3.91. The minimum atomic E-state index is -2.48. The molecular formula is C20H26ClF3N2O. The van der Waals surface area contributed by atoms with Crippen LogP contribution in [0.1, 0.15) is 50.5 Å². The predicted octanol–water partition coefficient (Wildman–Crippen LogP) is 4.47. The quantitative estimate of drug-likeness (QED) is 0.736. The molecular weight excluding hydrogens is 377 g/mol. The molecule has 2 aliphatic rings. The molecule has 3 nitrogen and oxygen atoms in total. The van der Waals surface area contributed by atoms with Crippen molar-refractivity contribution in [1.29, 1.82) is 0 Å². The number of hydrogen-bond donors (Lipinski definition) is 2. The average molecular weight is 403 g/mol. The number of benzene rings is 1. The van der Waals surface area contributed by atoms with Crippen molar-refractivity contribution < 1.29 is 18.0 Å². The zero-order valence-corrected chi connectivity index (χ0v) is 16.0. The Labute approximate surface area is 163 Å². The number of carbonyl (C=O) groups excluding carboxylic acids is 1. The van der Waals surface area contributed by atoms with Crippen molar-refractivity contribution >= 4 is 17.5 Å². The molecule has 2 aliphatic carbocycles. The first-order valence-electron chi connectivity index (χ1n) is 9.64. The first-order chi connectivity index (χ1) is 12.8. The van der Waals surface area contributed by atoms with E-state index in [-0.39, 0.29) is 36.2 Å². The molecule has 1 aromatic rings. The summed E-state index contributed by atoms with van der Waals surface area (Å²) in [5.74, 6) is -2.76. The van der Waals surface area contributed by atoms with Gasteiger partial charge < -0.3 is 10.6 Å². The van der Waals surface area contributed by atoms with Crippen LogP contribution in [0, 0.1) is 11.7 Å². The number of amides is 1. The Morgan fingerprint density at radius 3 is 2.52 bits per heavy atom.